The molecule has 0 aromatic heterocycles. The van der Waals surface area contributed by atoms with E-state index in [4.69, 9.17) is 0 Å². The molecule has 0 bridgehead atoms. The van der Waals surface area contributed by atoms with Crippen LogP contribution in [0.1, 0.15) is 38.7 Å². The van der Waals surface area contributed by atoms with E-state index in [9.17, 15) is 19.6 Å². The third-order valence-corrected chi connectivity index (χ3v) is 5.33. The number of nitriles is 1. The predicted octanol–water partition coefficient (Wildman–Crippen LogP) is 1.83. The molecule has 1 aliphatic heterocycles. The topological polar surface area (TPSA) is 114 Å². The van der Waals surface area contributed by atoms with Crippen molar-refractivity contribution in [3.63, 3.8) is 0 Å². The first-order chi connectivity index (χ1) is 15.2. The standard InChI is InChI=1S/C24H33N5O3/c1-16(2)13-21(24(32)27-19(15-25)14-18-11-12-26-23(18)31)28-22(30)10-7-17-5-8-20(9-6-17)29(3)4/h5-10,16,18-19,21H,11-14H2,1-4H3,(H,26,31)(H,27,32)(H,28,30)/b10-7+/t18-,19-,21-/m0/s1. The highest BCUT2D eigenvalue weighted by Crippen LogP contribution is 2.16. The van der Waals surface area contributed by atoms with E-state index in [1.165, 1.54) is 6.08 Å². The Balaban J connectivity index is 1.98. The number of hydrogen-bond acceptors (Lipinski definition) is 5. The Hall–Kier alpha value is -3.34. The highest BCUT2D eigenvalue weighted by atomic mass is 16.2. The van der Waals surface area contributed by atoms with Gasteiger partial charge in [0.05, 0.1) is 6.07 Å². The van der Waals surface area contributed by atoms with Crippen molar-refractivity contribution in [1.29, 1.82) is 5.26 Å². The van der Waals surface area contributed by atoms with Crippen LogP contribution >= 0.6 is 0 Å². The van der Waals surface area contributed by atoms with E-state index in [2.05, 4.69) is 22.0 Å². The summed E-state index contributed by atoms with van der Waals surface area (Å²) in [4.78, 5) is 39.0. The van der Waals surface area contributed by atoms with Crippen molar-refractivity contribution in [2.75, 3.05) is 25.5 Å². The molecule has 0 unspecified atom stereocenters. The van der Waals surface area contributed by atoms with Crippen LogP contribution in [0.15, 0.2) is 30.3 Å². The zero-order valence-electron chi connectivity index (χ0n) is 19.2. The van der Waals surface area contributed by atoms with Crippen LogP contribution in [0.5, 0.6) is 0 Å². The number of hydrogen-bond donors (Lipinski definition) is 3. The van der Waals surface area contributed by atoms with Crippen LogP contribution in [-0.4, -0.2) is 50.4 Å². The Morgan fingerprint density at radius 1 is 1.25 bits per heavy atom. The van der Waals surface area contributed by atoms with Gasteiger partial charge in [-0.2, -0.15) is 5.26 Å². The summed E-state index contributed by atoms with van der Waals surface area (Å²) in [5, 5.41) is 17.6. The first-order valence-electron chi connectivity index (χ1n) is 10.9. The van der Waals surface area contributed by atoms with E-state index in [1.54, 1.807) is 6.08 Å². The third kappa shape index (κ3) is 7.73. The van der Waals surface area contributed by atoms with Crippen LogP contribution < -0.4 is 20.9 Å². The number of rotatable bonds is 10. The Labute approximate surface area is 190 Å². The lowest BCUT2D eigenvalue weighted by Gasteiger charge is -2.22. The van der Waals surface area contributed by atoms with E-state index in [-0.39, 0.29) is 30.1 Å². The molecule has 3 N–H and O–H groups in total. The number of nitrogens with zero attached hydrogens (tertiary/aromatic N) is 2. The Morgan fingerprint density at radius 3 is 2.47 bits per heavy atom. The molecular weight excluding hydrogens is 406 g/mol. The summed E-state index contributed by atoms with van der Waals surface area (Å²) in [5.41, 5.74) is 1.93. The van der Waals surface area contributed by atoms with Gasteiger partial charge in [0, 0.05) is 38.3 Å². The number of amides is 3. The molecule has 2 rings (SSSR count). The van der Waals surface area contributed by atoms with Crippen molar-refractivity contribution in [1.82, 2.24) is 16.0 Å². The normalized spacial score (nSPS) is 17.5. The molecule has 3 atom stereocenters. The van der Waals surface area contributed by atoms with Gasteiger partial charge in [-0.3, -0.25) is 14.4 Å². The van der Waals surface area contributed by atoms with Gasteiger partial charge in [0.25, 0.3) is 0 Å². The first kappa shape index (κ1) is 24.9. The number of nitrogens with one attached hydrogen (secondary N) is 3. The molecule has 32 heavy (non-hydrogen) atoms. The van der Waals surface area contributed by atoms with Crippen molar-refractivity contribution >= 4 is 29.5 Å². The first-order valence-corrected chi connectivity index (χ1v) is 10.9. The molecule has 0 aliphatic carbocycles. The number of benzene rings is 1. The average Bonchev–Trinajstić information content (AvgIpc) is 3.15. The van der Waals surface area contributed by atoms with E-state index >= 15 is 0 Å². The van der Waals surface area contributed by atoms with Gasteiger partial charge >= 0.3 is 0 Å². The van der Waals surface area contributed by atoms with Crippen LogP contribution in [0.4, 0.5) is 5.69 Å². The van der Waals surface area contributed by atoms with Gasteiger partial charge in [0.2, 0.25) is 17.7 Å². The lowest BCUT2D eigenvalue weighted by Crippen LogP contribution is -2.50. The molecule has 3 amide bonds. The molecule has 0 radical (unpaired) electrons. The van der Waals surface area contributed by atoms with E-state index < -0.39 is 18.0 Å². The molecule has 172 valence electrons. The molecule has 1 fully saturated rings. The minimum Gasteiger partial charge on any atom is -0.378 e. The zero-order valence-corrected chi connectivity index (χ0v) is 19.2. The van der Waals surface area contributed by atoms with Gasteiger partial charge in [-0.15, -0.1) is 0 Å². The minimum absolute atomic E-state index is 0.0877. The molecule has 1 heterocycles. The second kappa shape index (κ2) is 11.9. The van der Waals surface area contributed by atoms with Crippen molar-refractivity contribution < 1.29 is 14.4 Å². The maximum Gasteiger partial charge on any atom is 0.244 e. The van der Waals surface area contributed by atoms with Gasteiger partial charge in [0.15, 0.2) is 0 Å². The summed E-state index contributed by atoms with van der Waals surface area (Å²) in [5.74, 6) is -1.00. The fourth-order valence-corrected chi connectivity index (χ4v) is 3.55. The molecule has 0 saturated carbocycles. The van der Waals surface area contributed by atoms with Crippen molar-refractivity contribution in [2.24, 2.45) is 11.8 Å². The molecule has 1 aromatic carbocycles. The average molecular weight is 440 g/mol. The van der Waals surface area contributed by atoms with Crippen molar-refractivity contribution in [3.05, 3.63) is 35.9 Å². The van der Waals surface area contributed by atoms with Gasteiger partial charge < -0.3 is 20.9 Å². The number of anilines is 1. The monoisotopic (exact) mass is 439 g/mol. The lowest BCUT2D eigenvalue weighted by molar-refractivity contribution is -0.128. The van der Waals surface area contributed by atoms with Crippen LogP contribution in [0, 0.1) is 23.2 Å². The summed E-state index contributed by atoms with van der Waals surface area (Å²) in [7, 11) is 3.91. The summed E-state index contributed by atoms with van der Waals surface area (Å²) in [6.07, 6.45) is 4.44. The van der Waals surface area contributed by atoms with Gasteiger partial charge in [-0.05, 0) is 49.0 Å². The summed E-state index contributed by atoms with van der Waals surface area (Å²) < 4.78 is 0. The second-order valence-corrected chi connectivity index (χ2v) is 8.71. The van der Waals surface area contributed by atoms with Crippen LogP contribution in [-0.2, 0) is 14.4 Å². The smallest absolute Gasteiger partial charge is 0.244 e. The molecular formula is C24H33N5O3. The number of carbonyl (C=O) groups is 3. The Bertz CT molecular complexity index is 871. The zero-order chi connectivity index (χ0) is 23.7. The molecule has 1 aromatic rings. The SMILES string of the molecule is CC(C)C[C@H](NC(=O)/C=C/c1ccc(N(C)C)cc1)C(=O)N[C@H](C#N)C[C@@H]1CCNC1=O. The molecule has 8 heteroatoms. The summed E-state index contributed by atoms with van der Waals surface area (Å²) in [6, 6.07) is 8.24. The molecule has 1 saturated heterocycles. The van der Waals surface area contributed by atoms with E-state index in [0.29, 0.717) is 19.4 Å². The molecule has 8 nitrogen and oxygen atoms in total. The van der Waals surface area contributed by atoms with Crippen LogP contribution in [0.25, 0.3) is 6.08 Å². The largest absolute Gasteiger partial charge is 0.378 e. The highest BCUT2D eigenvalue weighted by molar-refractivity contribution is 5.95. The predicted molar refractivity (Wildman–Crippen MR) is 124 cm³/mol. The van der Waals surface area contributed by atoms with Crippen LogP contribution in [0.3, 0.4) is 0 Å². The Kier molecular flexibility index (Phi) is 9.26. The van der Waals surface area contributed by atoms with Gasteiger partial charge in [0.1, 0.15) is 12.1 Å². The Morgan fingerprint density at radius 2 is 1.94 bits per heavy atom. The van der Waals surface area contributed by atoms with Crippen LogP contribution in [0.2, 0.25) is 0 Å². The summed E-state index contributed by atoms with van der Waals surface area (Å²) in [6.45, 7) is 4.50. The van der Waals surface area contributed by atoms with E-state index in [1.807, 2.05) is 57.1 Å². The maximum atomic E-state index is 12.8. The van der Waals surface area contributed by atoms with Gasteiger partial charge in [-0.1, -0.05) is 26.0 Å². The molecule has 1 aliphatic rings. The summed E-state index contributed by atoms with van der Waals surface area (Å²) >= 11 is 0. The quantitative estimate of drug-likeness (QED) is 0.481. The maximum absolute atomic E-state index is 12.8. The number of carbonyl (C=O) groups excluding carboxylic acids is 3. The fraction of sp³-hybridized carbons (Fsp3) is 0.500. The highest BCUT2D eigenvalue weighted by Gasteiger charge is 2.29. The van der Waals surface area contributed by atoms with Crippen molar-refractivity contribution in [3.8, 4) is 6.07 Å². The lowest BCUT2D eigenvalue weighted by atomic mass is 9.98. The van der Waals surface area contributed by atoms with E-state index in [0.717, 1.165) is 11.3 Å². The third-order valence-electron chi connectivity index (χ3n) is 5.33. The minimum atomic E-state index is -0.784. The second-order valence-electron chi connectivity index (χ2n) is 8.71. The van der Waals surface area contributed by atoms with Crippen molar-refractivity contribution in [2.45, 2.75) is 45.2 Å². The molecule has 0 spiro atoms. The van der Waals surface area contributed by atoms with Gasteiger partial charge in [-0.25, -0.2) is 0 Å². The fourth-order valence-electron chi connectivity index (χ4n) is 3.55.